The molecule has 2 aliphatic rings. The van der Waals surface area contributed by atoms with Crippen molar-refractivity contribution in [3.63, 3.8) is 0 Å². The number of hydrogen-bond donors (Lipinski definition) is 1. The van der Waals surface area contributed by atoms with Crippen molar-refractivity contribution < 1.29 is 9.47 Å². The van der Waals surface area contributed by atoms with Gasteiger partial charge in [0.25, 0.3) is 0 Å². The molecule has 32 heavy (non-hydrogen) atoms. The quantitative estimate of drug-likeness (QED) is 0.454. The van der Waals surface area contributed by atoms with E-state index in [0.717, 1.165) is 39.5 Å². The Balaban J connectivity index is 1.60. The fraction of sp³-hybridized carbons (Fsp3) is 0.120. The Hall–Kier alpha value is -3.77. The van der Waals surface area contributed by atoms with Crippen LogP contribution in [-0.2, 0) is 0 Å². The molecule has 6 rings (SSSR count). The second-order valence-electron chi connectivity index (χ2n) is 7.70. The third-order valence-corrected chi connectivity index (χ3v) is 6.18. The van der Waals surface area contributed by atoms with Gasteiger partial charge in [0, 0.05) is 16.2 Å². The average Bonchev–Trinajstić information content (AvgIpc) is 3.31. The topological polar surface area (TPSA) is 61.2 Å². The maximum absolute atomic E-state index is 6.59. The molecule has 3 aromatic carbocycles. The molecule has 0 bridgehead atoms. The minimum atomic E-state index is -0.325. The van der Waals surface area contributed by atoms with Crippen LogP contribution in [-0.4, -0.2) is 21.9 Å². The van der Waals surface area contributed by atoms with Gasteiger partial charge in [-0.15, -0.1) is 0 Å². The first-order valence-electron chi connectivity index (χ1n) is 10.3. The molecular weight excluding hydrogens is 424 g/mol. The van der Waals surface area contributed by atoms with Crippen molar-refractivity contribution in [3.8, 4) is 11.5 Å². The van der Waals surface area contributed by atoms with Gasteiger partial charge in [-0.25, -0.2) is 4.68 Å². The summed E-state index contributed by atoms with van der Waals surface area (Å²) >= 11 is 6.18. The number of ether oxygens (including phenoxy) is 2. The van der Waals surface area contributed by atoms with Gasteiger partial charge in [-0.2, -0.15) is 10.1 Å². The lowest BCUT2D eigenvalue weighted by atomic mass is 9.84. The van der Waals surface area contributed by atoms with Crippen LogP contribution in [0.15, 0.2) is 84.7 Å². The molecule has 0 spiro atoms. The van der Waals surface area contributed by atoms with Gasteiger partial charge in [0.05, 0.1) is 12.8 Å². The Kier molecular flexibility index (Phi) is 4.40. The van der Waals surface area contributed by atoms with Crippen LogP contribution in [0.1, 0.15) is 28.8 Å². The van der Waals surface area contributed by atoms with Crippen LogP contribution in [0.3, 0.4) is 0 Å². The zero-order valence-corrected chi connectivity index (χ0v) is 18.0. The molecule has 3 heterocycles. The number of nitrogens with zero attached hydrogens (tertiary/aromatic N) is 3. The van der Waals surface area contributed by atoms with E-state index in [1.807, 2.05) is 59.3 Å². The molecule has 0 amide bonds. The molecular formula is C25H19ClN4O2. The summed E-state index contributed by atoms with van der Waals surface area (Å²) in [5.41, 5.74) is 5.14. The lowest BCUT2D eigenvalue weighted by Crippen LogP contribution is -2.32. The minimum absolute atomic E-state index is 0.205. The van der Waals surface area contributed by atoms with E-state index >= 15 is 0 Å². The minimum Gasteiger partial charge on any atom is -0.497 e. The van der Waals surface area contributed by atoms with Crippen molar-refractivity contribution in [2.24, 2.45) is 0 Å². The summed E-state index contributed by atoms with van der Waals surface area (Å²) in [4.78, 5) is 4.46. The van der Waals surface area contributed by atoms with Crippen LogP contribution >= 0.6 is 11.6 Å². The van der Waals surface area contributed by atoms with Gasteiger partial charge < -0.3 is 14.8 Å². The summed E-state index contributed by atoms with van der Waals surface area (Å²) in [7, 11) is 1.66. The van der Waals surface area contributed by atoms with Crippen molar-refractivity contribution in [2.75, 3.05) is 12.4 Å². The SMILES string of the molecule is COc1ccc([C@H]2C3=C(Nc4ncnn42)c2ccccc2O[C@@H]3c2ccc(Cl)cc2)cc1. The lowest BCUT2D eigenvalue weighted by molar-refractivity contribution is 0.223. The number of benzene rings is 3. The van der Waals surface area contributed by atoms with Crippen molar-refractivity contribution >= 4 is 23.2 Å². The number of fused-ring (bicyclic) bond motifs is 3. The predicted molar refractivity (Wildman–Crippen MR) is 123 cm³/mol. The Labute approximate surface area is 190 Å². The molecule has 158 valence electrons. The molecule has 0 unspecified atom stereocenters. The summed E-state index contributed by atoms with van der Waals surface area (Å²) in [5, 5.41) is 8.74. The number of halogens is 1. The van der Waals surface area contributed by atoms with Crippen LogP contribution in [0.5, 0.6) is 11.5 Å². The molecule has 0 saturated carbocycles. The van der Waals surface area contributed by atoms with Crippen molar-refractivity contribution in [2.45, 2.75) is 12.1 Å². The van der Waals surface area contributed by atoms with Crippen molar-refractivity contribution in [1.82, 2.24) is 14.8 Å². The standard InChI is InChI=1S/C25H19ClN4O2/c1-31-18-12-8-15(9-13-18)23-21-22(29-25-27-14-28-30(23)25)19-4-2-3-5-20(19)32-24(21)16-6-10-17(26)11-7-16/h2-14,23-24H,1H3,(H,27,28,29)/t23-,24+/m0/s1. The molecule has 0 radical (unpaired) electrons. The largest absolute Gasteiger partial charge is 0.497 e. The van der Waals surface area contributed by atoms with Crippen LogP contribution < -0.4 is 14.8 Å². The lowest BCUT2D eigenvalue weighted by Gasteiger charge is -2.39. The fourth-order valence-electron chi connectivity index (χ4n) is 4.44. The van der Waals surface area contributed by atoms with Crippen LogP contribution in [0, 0.1) is 0 Å². The number of aromatic nitrogens is 3. The summed E-state index contributed by atoms with van der Waals surface area (Å²) < 4.78 is 13.9. The average molecular weight is 443 g/mol. The molecule has 0 fully saturated rings. The number of para-hydroxylation sites is 1. The summed E-state index contributed by atoms with van der Waals surface area (Å²) in [6.45, 7) is 0. The highest BCUT2D eigenvalue weighted by Crippen LogP contribution is 2.50. The van der Waals surface area contributed by atoms with Gasteiger partial charge >= 0.3 is 0 Å². The Morgan fingerprint density at radius 2 is 1.72 bits per heavy atom. The van der Waals surface area contributed by atoms with Gasteiger partial charge in [-0.05, 0) is 47.5 Å². The van der Waals surface area contributed by atoms with E-state index in [1.54, 1.807) is 13.4 Å². The maximum Gasteiger partial charge on any atom is 0.226 e. The highest BCUT2D eigenvalue weighted by atomic mass is 35.5. The number of nitrogens with one attached hydrogen (secondary N) is 1. The van der Waals surface area contributed by atoms with E-state index in [4.69, 9.17) is 21.1 Å². The Bertz CT molecular complexity index is 1330. The first-order valence-corrected chi connectivity index (χ1v) is 10.7. The molecule has 1 aromatic heterocycles. The van der Waals surface area contributed by atoms with E-state index in [1.165, 1.54) is 0 Å². The molecule has 0 saturated heterocycles. The molecule has 7 heteroatoms. The molecule has 2 atom stereocenters. The van der Waals surface area contributed by atoms with Gasteiger partial charge in [0.2, 0.25) is 5.95 Å². The molecule has 4 aromatic rings. The fourth-order valence-corrected chi connectivity index (χ4v) is 4.56. The van der Waals surface area contributed by atoms with E-state index in [2.05, 4.69) is 33.6 Å². The Morgan fingerprint density at radius 1 is 0.969 bits per heavy atom. The van der Waals surface area contributed by atoms with Gasteiger partial charge in [0.15, 0.2) is 0 Å². The van der Waals surface area contributed by atoms with Gasteiger partial charge in [0.1, 0.15) is 30.0 Å². The number of methoxy groups -OCH3 is 1. The zero-order chi connectivity index (χ0) is 21.7. The first-order chi connectivity index (χ1) is 15.7. The van der Waals surface area contributed by atoms with E-state index in [9.17, 15) is 0 Å². The zero-order valence-electron chi connectivity index (χ0n) is 17.2. The smallest absolute Gasteiger partial charge is 0.226 e. The second kappa shape index (κ2) is 7.43. The molecule has 0 aliphatic carbocycles. The van der Waals surface area contributed by atoms with Crippen molar-refractivity contribution in [1.29, 1.82) is 0 Å². The Morgan fingerprint density at radius 3 is 2.50 bits per heavy atom. The van der Waals surface area contributed by atoms with Gasteiger partial charge in [-0.1, -0.05) is 48.0 Å². The molecule has 2 aliphatic heterocycles. The van der Waals surface area contributed by atoms with Gasteiger partial charge in [-0.3, -0.25) is 0 Å². The van der Waals surface area contributed by atoms with Crippen LogP contribution in [0.4, 0.5) is 5.95 Å². The normalized spacial score (nSPS) is 18.7. The molecule has 6 nitrogen and oxygen atoms in total. The number of rotatable bonds is 3. The van der Waals surface area contributed by atoms with E-state index in [0.29, 0.717) is 11.0 Å². The summed E-state index contributed by atoms with van der Waals surface area (Å²) in [5.74, 6) is 2.31. The molecule has 1 N–H and O–H groups in total. The predicted octanol–water partition coefficient (Wildman–Crippen LogP) is 5.50. The van der Waals surface area contributed by atoms with E-state index < -0.39 is 0 Å². The highest BCUT2D eigenvalue weighted by Gasteiger charge is 2.40. The summed E-state index contributed by atoms with van der Waals surface area (Å²) in [6, 6.07) is 23.7. The summed E-state index contributed by atoms with van der Waals surface area (Å²) in [6.07, 6.45) is 1.25. The number of hydrogen-bond acceptors (Lipinski definition) is 5. The monoisotopic (exact) mass is 442 g/mol. The highest BCUT2D eigenvalue weighted by molar-refractivity contribution is 6.30. The maximum atomic E-state index is 6.59. The van der Waals surface area contributed by atoms with E-state index in [-0.39, 0.29) is 12.1 Å². The third-order valence-electron chi connectivity index (χ3n) is 5.93. The first kappa shape index (κ1) is 19.0. The third kappa shape index (κ3) is 2.95. The number of anilines is 1. The van der Waals surface area contributed by atoms with Crippen LogP contribution in [0.25, 0.3) is 5.70 Å². The second-order valence-corrected chi connectivity index (χ2v) is 8.14. The van der Waals surface area contributed by atoms with Crippen molar-refractivity contribution in [3.05, 3.63) is 106 Å². The van der Waals surface area contributed by atoms with Crippen LogP contribution in [0.2, 0.25) is 5.02 Å².